The number of likely N-dealkylation sites (tertiary alicyclic amines) is 1. The summed E-state index contributed by atoms with van der Waals surface area (Å²) in [5.41, 5.74) is 10.2. The topological polar surface area (TPSA) is 144 Å². The molecule has 1 spiro atoms. The molecule has 2 N–H and O–H groups in total. The molecule has 7 heterocycles. The van der Waals surface area contributed by atoms with Gasteiger partial charge >= 0.3 is 0 Å². The van der Waals surface area contributed by atoms with Crippen molar-refractivity contribution in [3.05, 3.63) is 27.3 Å². The zero-order valence-corrected chi connectivity index (χ0v) is 29.0. The molecule has 5 aliphatic rings. The van der Waals surface area contributed by atoms with E-state index in [1.54, 1.807) is 11.3 Å². The van der Waals surface area contributed by atoms with Crippen molar-refractivity contribution in [2.75, 3.05) is 37.4 Å². The van der Waals surface area contributed by atoms with Gasteiger partial charge in [-0.25, -0.2) is 14.6 Å². The van der Waals surface area contributed by atoms with Gasteiger partial charge in [0.05, 0.1) is 41.8 Å². The van der Waals surface area contributed by atoms with Crippen LogP contribution in [0.3, 0.4) is 0 Å². The zero-order valence-electron chi connectivity index (χ0n) is 28.2. The van der Waals surface area contributed by atoms with Crippen LogP contribution in [0.15, 0.2) is 4.52 Å². The number of nitrogen functional groups attached to an aromatic ring is 1. The Morgan fingerprint density at radius 3 is 2.71 bits per heavy atom. The van der Waals surface area contributed by atoms with Crippen LogP contribution in [0, 0.1) is 11.3 Å². The lowest BCUT2D eigenvalue weighted by atomic mass is 9.63. The van der Waals surface area contributed by atoms with Gasteiger partial charge in [0.2, 0.25) is 5.88 Å². The Kier molecular flexibility index (Phi) is 7.05. The van der Waals surface area contributed by atoms with E-state index >= 15 is 0 Å². The molecule has 0 saturated carbocycles. The van der Waals surface area contributed by atoms with Crippen molar-refractivity contribution < 1.29 is 14.0 Å². The summed E-state index contributed by atoms with van der Waals surface area (Å²) in [6.07, 6.45) is 8.90. The maximum absolute atomic E-state index is 10.2. The van der Waals surface area contributed by atoms with Gasteiger partial charge in [0.15, 0.2) is 22.9 Å². The van der Waals surface area contributed by atoms with Gasteiger partial charge in [-0.15, -0.1) is 16.4 Å². The lowest BCUT2D eigenvalue weighted by molar-refractivity contribution is 0.122. The van der Waals surface area contributed by atoms with E-state index in [4.69, 9.17) is 40.0 Å². The fourth-order valence-electron chi connectivity index (χ4n) is 9.60. The minimum atomic E-state index is -0.413. The van der Waals surface area contributed by atoms with Crippen molar-refractivity contribution in [3.63, 3.8) is 0 Å². The van der Waals surface area contributed by atoms with Crippen LogP contribution in [0.1, 0.15) is 99.1 Å². The van der Waals surface area contributed by atoms with Gasteiger partial charge in [-0.1, -0.05) is 5.16 Å². The third-order valence-electron chi connectivity index (χ3n) is 11.8. The predicted molar refractivity (Wildman–Crippen MR) is 183 cm³/mol. The van der Waals surface area contributed by atoms with E-state index in [9.17, 15) is 5.26 Å². The molecule has 9 rings (SSSR count). The average Bonchev–Trinajstić information content (AvgIpc) is 3.90. The Labute approximate surface area is 284 Å². The number of aryl methyl sites for hydroxylation is 1. The number of likely N-dealkylation sites (N-methyl/N-ethyl adjacent to an activating group) is 1. The number of hydrogen-bond donors (Lipinski definition) is 1. The quantitative estimate of drug-likeness (QED) is 0.299. The Morgan fingerprint density at radius 2 is 1.96 bits per heavy atom. The smallest absolute Gasteiger partial charge is 0.246 e. The summed E-state index contributed by atoms with van der Waals surface area (Å²) in [5, 5.41) is 21.5. The van der Waals surface area contributed by atoms with Gasteiger partial charge in [-0.05, 0) is 97.7 Å². The second kappa shape index (κ2) is 11.1. The highest BCUT2D eigenvalue weighted by Gasteiger charge is 2.49. The van der Waals surface area contributed by atoms with Crippen LogP contribution in [0.4, 0.5) is 10.8 Å². The fourth-order valence-corrected chi connectivity index (χ4v) is 10.8. The minimum Gasteiger partial charge on any atom is -0.474 e. The van der Waals surface area contributed by atoms with Crippen molar-refractivity contribution in [1.82, 2.24) is 29.8 Å². The first kappa shape index (κ1) is 30.3. The van der Waals surface area contributed by atoms with Crippen LogP contribution in [0.2, 0.25) is 0 Å². The molecule has 2 saturated heterocycles. The number of rotatable bonds is 4. The average molecular weight is 670 g/mol. The van der Waals surface area contributed by atoms with Crippen molar-refractivity contribution in [3.8, 4) is 23.5 Å². The molecule has 0 unspecified atom stereocenters. The van der Waals surface area contributed by atoms with E-state index in [0.717, 1.165) is 91.6 Å². The number of nitrogens with zero attached hydrogens (tertiary/aromatic N) is 8. The van der Waals surface area contributed by atoms with Crippen LogP contribution in [0.5, 0.6) is 5.88 Å². The summed E-state index contributed by atoms with van der Waals surface area (Å²) in [5.74, 6) is 2.83. The number of nitrogens with two attached hydrogens (primary N) is 1. The third-order valence-corrected chi connectivity index (χ3v) is 12.9. The predicted octanol–water partition coefficient (Wildman–Crippen LogP) is 5.38. The number of nitriles is 1. The Balaban J connectivity index is 1.25. The molecule has 6 atom stereocenters. The molecule has 0 radical (unpaired) electrons. The first-order valence-corrected chi connectivity index (χ1v) is 18.4. The fraction of sp³-hybridized carbons (Fsp3) is 0.629. The van der Waals surface area contributed by atoms with Gasteiger partial charge in [-0.2, -0.15) is 5.26 Å². The number of anilines is 2. The maximum Gasteiger partial charge on any atom is 0.246 e. The number of ether oxygens (including phenoxy) is 2. The molecule has 0 aromatic carbocycles. The molecule has 0 bridgehead atoms. The van der Waals surface area contributed by atoms with Crippen LogP contribution >= 0.6 is 11.3 Å². The molecular formula is C35H43N9O3S. The molecule has 0 amide bonds. The summed E-state index contributed by atoms with van der Waals surface area (Å²) in [7, 11) is 2.20. The lowest BCUT2D eigenvalue weighted by Gasteiger charge is -2.39. The molecule has 2 aliphatic carbocycles. The zero-order chi connectivity index (χ0) is 32.9. The molecule has 48 heavy (non-hydrogen) atoms. The van der Waals surface area contributed by atoms with Gasteiger partial charge in [-0.3, -0.25) is 0 Å². The van der Waals surface area contributed by atoms with Crippen molar-refractivity contribution in [1.29, 1.82) is 5.26 Å². The second-order valence-corrected chi connectivity index (χ2v) is 15.9. The highest BCUT2D eigenvalue weighted by Crippen LogP contribution is 2.55. The summed E-state index contributed by atoms with van der Waals surface area (Å²) in [6, 6.07) is 3.07. The highest BCUT2D eigenvalue weighted by molar-refractivity contribution is 7.16. The molecular weight excluding hydrogens is 627 g/mol. The highest BCUT2D eigenvalue weighted by atomic mass is 32.1. The maximum atomic E-state index is 10.2. The molecule has 13 heteroatoms. The third kappa shape index (κ3) is 4.31. The monoisotopic (exact) mass is 669 g/mol. The molecule has 3 aliphatic heterocycles. The Bertz CT molecular complexity index is 1960. The second-order valence-electron chi connectivity index (χ2n) is 14.7. The summed E-state index contributed by atoms with van der Waals surface area (Å²) >= 11 is 1.56. The first-order valence-electron chi connectivity index (χ1n) is 17.6. The van der Waals surface area contributed by atoms with Crippen LogP contribution in [-0.2, 0) is 23.0 Å². The van der Waals surface area contributed by atoms with Crippen LogP contribution in [-0.4, -0.2) is 80.8 Å². The van der Waals surface area contributed by atoms with Gasteiger partial charge in [0.25, 0.3) is 0 Å². The van der Waals surface area contributed by atoms with Crippen molar-refractivity contribution in [2.24, 2.45) is 0 Å². The van der Waals surface area contributed by atoms with Crippen molar-refractivity contribution >= 4 is 33.2 Å². The normalized spacial score (nSPS) is 29.1. The minimum absolute atomic E-state index is 0.0551. The number of fused-ring (bicyclic) bond motifs is 4. The van der Waals surface area contributed by atoms with E-state index in [2.05, 4.69) is 48.4 Å². The Hall–Kier alpha value is -3.73. The first-order chi connectivity index (χ1) is 23.3. The summed E-state index contributed by atoms with van der Waals surface area (Å²) < 4.78 is 21.0. The van der Waals surface area contributed by atoms with E-state index in [1.165, 1.54) is 11.3 Å². The van der Waals surface area contributed by atoms with E-state index < -0.39 is 5.41 Å². The molecule has 252 valence electrons. The molecule has 12 nitrogen and oxygen atoms in total. The number of hydrogen-bond acceptors (Lipinski definition) is 12. The number of thiophene rings is 1. The van der Waals surface area contributed by atoms with Crippen LogP contribution < -0.4 is 15.4 Å². The summed E-state index contributed by atoms with van der Waals surface area (Å²) in [4.78, 5) is 16.7. The van der Waals surface area contributed by atoms with E-state index in [-0.39, 0.29) is 24.2 Å². The van der Waals surface area contributed by atoms with E-state index in [0.29, 0.717) is 47.2 Å². The van der Waals surface area contributed by atoms with Gasteiger partial charge < -0.3 is 29.5 Å². The van der Waals surface area contributed by atoms with Gasteiger partial charge in [0, 0.05) is 16.5 Å². The summed E-state index contributed by atoms with van der Waals surface area (Å²) in [6.45, 7) is 8.77. The van der Waals surface area contributed by atoms with Crippen molar-refractivity contribution in [2.45, 2.75) is 114 Å². The standard InChI is InChI=1S/C35H43N9O3S/c1-18-16-46-34-26-32(43(18)21-14-19(2)45-17-21)38-31(39-33(26)44(40-34)20(3)24-9-7-13-42(24)4)28-22-8-5-11-35(29(22)47-41-28)12-6-10-25-27(35)23(15-36)30(37)48-25/h18-21,24H,5-14,16-17,37H2,1-4H3/t18-,19+,20+,21-,24+,35+/m1/s1. The van der Waals surface area contributed by atoms with Gasteiger partial charge in [0.1, 0.15) is 28.9 Å². The lowest BCUT2D eigenvalue weighted by Crippen LogP contribution is -2.45. The molecule has 4 aromatic rings. The molecule has 2 fully saturated rings. The largest absolute Gasteiger partial charge is 0.474 e. The Morgan fingerprint density at radius 1 is 1.12 bits per heavy atom. The van der Waals surface area contributed by atoms with E-state index in [1.807, 2.05) is 0 Å². The number of aromatic nitrogens is 5. The SMILES string of the molecule is C[C@@H]1COc2nn([C@@H](C)[C@@H]3CCCN3C)c3nc(-c4noc5c4CCC[C@@]54CCCc5sc(N)c(C#N)c54)nc(c23)N1[C@H]1CO[C@@H](C)C1. The van der Waals surface area contributed by atoms with Crippen LogP contribution in [0.25, 0.3) is 22.6 Å². The molecule has 4 aromatic heterocycles.